The van der Waals surface area contributed by atoms with Crippen LogP contribution in [0.4, 0.5) is 0 Å². The summed E-state index contributed by atoms with van der Waals surface area (Å²) >= 11 is 11.6. The molecule has 0 aromatic carbocycles. The lowest BCUT2D eigenvalue weighted by Crippen LogP contribution is -2.23. The first-order valence-corrected chi connectivity index (χ1v) is 5.75. The first kappa shape index (κ1) is 12.9. The molecule has 0 spiro atoms. The van der Waals surface area contributed by atoms with E-state index in [0.717, 1.165) is 0 Å². The second-order valence-corrected chi connectivity index (χ2v) is 4.30. The maximum absolute atomic E-state index is 12.0. The summed E-state index contributed by atoms with van der Waals surface area (Å²) < 4.78 is 7.93. The van der Waals surface area contributed by atoms with Crippen molar-refractivity contribution in [3.05, 3.63) is 39.0 Å². The van der Waals surface area contributed by atoms with Gasteiger partial charge in [-0.25, -0.2) is 9.97 Å². The van der Waals surface area contributed by atoms with Crippen molar-refractivity contribution in [2.24, 2.45) is 7.05 Å². The lowest BCUT2D eigenvalue weighted by Gasteiger charge is -2.08. The van der Waals surface area contributed by atoms with Gasteiger partial charge in [0.15, 0.2) is 5.15 Å². The van der Waals surface area contributed by atoms with Gasteiger partial charge in [0.2, 0.25) is 5.75 Å². The Morgan fingerprint density at radius 2 is 2.11 bits per heavy atom. The summed E-state index contributed by atoms with van der Waals surface area (Å²) in [7, 11) is 3.13. The fourth-order valence-electron chi connectivity index (χ4n) is 1.46. The molecular weight excluding hydrogens is 279 g/mol. The monoisotopic (exact) mass is 288 g/mol. The molecule has 96 valence electrons. The number of imidazole rings is 1. The van der Waals surface area contributed by atoms with Crippen molar-refractivity contribution < 1.29 is 4.74 Å². The van der Waals surface area contributed by atoms with E-state index in [-0.39, 0.29) is 23.0 Å². The van der Waals surface area contributed by atoms with E-state index >= 15 is 0 Å². The van der Waals surface area contributed by atoms with Crippen molar-refractivity contribution in [1.82, 2.24) is 19.1 Å². The smallest absolute Gasteiger partial charge is 0.297 e. The van der Waals surface area contributed by atoms with E-state index < -0.39 is 0 Å². The minimum absolute atomic E-state index is 0.0134. The van der Waals surface area contributed by atoms with Crippen LogP contribution in [-0.4, -0.2) is 26.2 Å². The molecule has 0 saturated heterocycles. The molecule has 0 fully saturated rings. The van der Waals surface area contributed by atoms with Gasteiger partial charge in [0.25, 0.3) is 5.56 Å². The number of ether oxygens (including phenoxy) is 1. The molecule has 2 heterocycles. The summed E-state index contributed by atoms with van der Waals surface area (Å²) in [4.78, 5) is 20.0. The molecule has 0 saturated carbocycles. The molecule has 0 radical (unpaired) electrons. The highest BCUT2D eigenvalue weighted by molar-refractivity contribution is 6.30. The van der Waals surface area contributed by atoms with Crippen molar-refractivity contribution in [3.63, 3.8) is 0 Å². The molecule has 2 rings (SSSR count). The highest BCUT2D eigenvalue weighted by Gasteiger charge is 2.12. The van der Waals surface area contributed by atoms with Crippen LogP contribution in [0, 0.1) is 0 Å². The molecule has 0 aliphatic carbocycles. The first-order valence-electron chi connectivity index (χ1n) is 4.99. The predicted molar refractivity (Wildman–Crippen MR) is 67.4 cm³/mol. The van der Waals surface area contributed by atoms with Gasteiger partial charge in [0.1, 0.15) is 11.0 Å². The molecule has 0 aliphatic heterocycles. The number of hydrogen-bond acceptors (Lipinski definition) is 4. The molecule has 0 atom stereocenters. The number of hydrogen-bond donors (Lipinski definition) is 0. The predicted octanol–water partition coefficient (Wildman–Crippen LogP) is 1.34. The van der Waals surface area contributed by atoms with Crippen LogP contribution in [0.2, 0.25) is 10.3 Å². The van der Waals surface area contributed by atoms with Gasteiger partial charge in [0, 0.05) is 7.05 Å². The standard InChI is InChI=1S/C10H10Cl2N4O2/c1-15-6(11)3-13-7(15)4-16-5-14-9(12)8(18-2)10(16)17/h3,5H,4H2,1-2H3. The summed E-state index contributed by atoms with van der Waals surface area (Å²) in [6.07, 6.45) is 2.86. The molecule has 18 heavy (non-hydrogen) atoms. The summed E-state index contributed by atoms with van der Waals surface area (Å²) in [5, 5.41) is 0.531. The zero-order chi connectivity index (χ0) is 13.3. The summed E-state index contributed by atoms with van der Waals surface area (Å²) in [5.41, 5.74) is -0.364. The maximum atomic E-state index is 12.0. The second-order valence-electron chi connectivity index (χ2n) is 3.56. The zero-order valence-electron chi connectivity index (χ0n) is 9.72. The zero-order valence-corrected chi connectivity index (χ0v) is 11.2. The third-order valence-electron chi connectivity index (χ3n) is 2.50. The van der Waals surface area contributed by atoms with Crippen molar-refractivity contribution in [2.45, 2.75) is 6.54 Å². The van der Waals surface area contributed by atoms with Gasteiger partial charge >= 0.3 is 0 Å². The summed E-state index contributed by atoms with van der Waals surface area (Å²) in [6, 6.07) is 0. The van der Waals surface area contributed by atoms with Crippen LogP contribution in [-0.2, 0) is 13.6 Å². The Kier molecular flexibility index (Phi) is 3.58. The number of methoxy groups -OCH3 is 1. The molecule has 2 aromatic heterocycles. The van der Waals surface area contributed by atoms with E-state index in [0.29, 0.717) is 11.0 Å². The topological polar surface area (TPSA) is 61.9 Å². The molecule has 6 nitrogen and oxygen atoms in total. The number of halogens is 2. The fourth-order valence-corrected chi connectivity index (χ4v) is 1.81. The van der Waals surface area contributed by atoms with E-state index in [1.165, 1.54) is 24.2 Å². The van der Waals surface area contributed by atoms with Crippen LogP contribution < -0.4 is 10.3 Å². The number of rotatable bonds is 3. The Balaban J connectivity index is 2.42. The average molecular weight is 289 g/mol. The van der Waals surface area contributed by atoms with Gasteiger partial charge in [-0.2, -0.15) is 0 Å². The third kappa shape index (κ3) is 2.21. The maximum Gasteiger partial charge on any atom is 0.297 e. The van der Waals surface area contributed by atoms with E-state index in [4.69, 9.17) is 27.9 Å². The van der Waals surface area contributed by atoms with E-state index in [1.807, 2.05) is 0 Å². The molecule has 0 amide bonds. The molecule has 0 bridgehead atoms. The van der Waals surface area contributed by atoms with Crippen molar-refractivity contribution >= 4 is 23.2 Å². The third-order valence-corrected chi connectivity index (χ3v) is 3.12. The summed E-state index contributed by atoms with van der Waals surface area (Å²) in [5.74, 6) is 0.646. The van der Waals surface area contributed by atoms with Crippen LogP contribution >= 0.6 is 23.2 Å². The van der Waals surface area contributed by atoms with Gasteiger partial charge in [-0.3, -0.25) is 9.36 Å². The van der Waals surface area contributed by atoms with Gasteiger partial charge in [-0.05, 0) is 0 Å². The Labute approximate surface area is 113 Å². The first-order chi connectivity index (χ1) is 8.54. The van der Waals surface area contributed by atoms with Gasteiger partial charge in [-0.15, -0.1) is 0 Å². The highest BCUT2D eigenvalue weighted by Crippen LogP contribution is 2.15. The quantitative estimate of drug-likeness (QED) is 0.800. The highest BCUT2D eigenvalue weighted by atomic mass is 35.5. The number of aromatic nitrogens is 4. The van der Waals surface area contributed by atoms with Crippen molar-refractivity contribution in [3.8, 4) is 5.75 Å². The molecule has 0 aliphatic rings. The number of nitrogens with zero attached hydrogens (tertiary/aromatic N) is 4. The largest absolute Gasteiger partial charge is 0.489 e. The molecule has 2 aromatic rings. The van der Waals surface area contributed by atoms with E-state index in [9.17, 15) is 4.79 Å². The van der Waals surface area contributed by atoms with E-state index in [1.54, 1.807) is 11.6 Å². The minimum atomic E-state index is -0.364. The Hall–Kier alpha value is -1.53. The molecule has 0 N–H and O–H groups in total. The van der Waals surface area contributed by atoms with Crippen molar-refractivity contribution in [2.75, 3.05) is 7.11 Å². The van der Waals surface area contributed by atoms with Crippen LogP contribution in [0.15, 0.2) is 17.3 Å². The van der Waals surface area contributed by atoms with Crippen LogP contribution in [0.25, 0.3) is 0 Å². The second kappa shape index (κ2) is 4.99. The normalized spacial score (nSPS) is 10.7. The Morgan fingerprint density at radius 3 is 2.67 bits per heavy atom. The average Bonchev–Trinajstić information content (AvgIpc) is 2.65. The van der Waals surface area contributed by atoms with Crippen LogP contribution in [0.5, 0.6) is 5.75 Å². The van der Waals surface area contributed by atoms with Crippen LogP contribution in [0.3, 0.4) is 0 Å². The summed E-state index contributed by atoms with van der Waals surface area (Å²) in [6.45, 7) is 0.239. The fraction of sp³-hybridized carbons (Fsp3) is 0.300. The lowest BCUT2D eigenvalue weighted by atomic mass is 10.5. The molecule has 0 unspecified atom stereocenters. The minimum Gasteiger partial charge on any atom is -0.489 e. The van der Waals surface area contributed by atoms with Gasteiger partial charge in [-0.1, -0.05) is 23.2 Å². The van der Waals surface area contributed by atoms with Crippen LogP contribution in [0.1, 0.15) is 5.82 Å². The van der Waals surface area contributed by atoms with Gasteiger partial charge < -0.3 is 9.30 Å². The Bertz CT molecular complexity index is 635. The Morgan fingerprint density at radius 1 is 1.39 bits per heavy atom. The lowest BCUT2D eigenvalue weighted by molar-refractivity contribution is 0.400. The SMILES string of the molecule is COc1c(Cl)ncn(Cc2ncc(Cl)n2C)c1=O. The van der Waals surface area contributed by atoms with Crippen molar-refractivity contribution in [1.29, 1.82) is 0 Å². The molecule has 8 heteroatoms. The van der Waals surface area contributed by atoms with Gasteiger partial charge in [0.05, 0.1) is 26.2 Å². The molecular formula is C10H10Cl2N4O2. The van der Waals surface area contributed by atoms with E-state index in [2.05, 4.69) is 9.97 Å².